The van der Waals surface area contributed by atoms with Crippen LogP contribution in [0.25, 0.3) is 0 Å². The van der Waals surface area contributed by atoms with Crippen molar-refractivity contribution in [2.24, 2.45) is 0 Å². The fourth-order valence-electron chi connectivity index (χ4n) is 2.19. The van der Waals surface area contributed by atoms with Gasteiger partial charge in [0.1, 0.15) is 4.21 Å². The number of nitrogens with zero attached hydrogens (tertiary/aromatic N) is 1. The highest BCUT2D eigenvalue weighted by molar-refractivity contribution is 7.91. The Kier molecular flexibility index (Phi) is 6.93. The molecule has 2 N–H and O–H groups in total. The van der Waals surface area contributed by atoms with Gasteiger partial charge >= 0.3 is 6.18 Å². The summed E-state index contributed by atoms with van der Waals surface area (Å²) in [6, 6.07) is 5.05. The van der Waals surface area contributed by atoms with E-state index in [0.29, 0.717) is 6.07 Å². The Morgan fingerprint density at radius 3 is 2.31 bits per heavy atom. The number of alkyl halides is 3. The molecular formula is C16H15ClF3N3O4S2. The quantitative estimate of drug-likeness (QED) is 0.675. The maximum absolute atomic E-state index is 13.0. The van der Waals surface area contributed by atoms with Crippen LogP contribution in [0.5, 0.6) is 0 Å². The van der Waals surface area contributed by atoms with Crippen molar-refractivity contribution in [1.29, 1.82) is 0 Å². The zero-order valence-corrected chi connectivity index (χ0v) is 17.4. The number of nitrogens with one attached hydrogen (secondary N) is 2. The predicted octanol–water partition coefficient (Wildman–Crippen LogP) is 3.64. The summed E-state index contributed by atoms with van der Waals surface area (Å²) in [6.07, 6.45) is -4.67. The van der Waals surface area contributed by atoms with Crippen LogP contribution in [0.1, 0.15) is 12.5 Å². The molecule has 0 fully saturated rings. The molecule has 0 atom stereocenters. The molecule has 2 rings (SSSR count). The van der Waals surface area contributed by atoms with Gasteiger partial charge in [-0.2, -0.15) is 17.5 Å². The molecular weight excluding hydrogens is 455 g/mol. The molecule has 0 unspecified atom stereocenters. The lowest BCUT2D eigenvalue weighted by atomic mass is 10.1. The molecule has 0 bridgehead atoms. The minimum atomic E-state index is -4.67. The van der Waals surface area contributed by atoms with Crippen LogP contribution < -0.4 is 10.6 Å². The topological polar surface area (TPSA) is 95.6 Å². The van der Waals surface area contributed by atoms with Crippen molar-refractivity contribution in [3.05, 3.63) is 40.2 Å². The second-order valence-corrected chi connectivity index (χ2v) is 9.79. The van der Waals surface area contributed by atoms with E-state index in [1.54, 1.807) is 0 Å². The van der Waals surface area contributed by atoms with Crippen molar-refractivity contribution >= 4 is 56.2 Å². The van der Waals surface area contributed by atoms with E-state index in [9.17, 15) is 31.2 Å². The van der Waals surface area contributed by atoms with Gasteiger partial charge in [-0.25, -0.2) is 8.42 Å². The Morgan fingerprint density at radius 1 is 1.14 bits per heavy atom. The monoisotopic (exact) mass is 469 g/mol. The summed E-state index contributed by atoms with van der Waals surface area (Å²) in [5, 5.41) is 4.51. The first kappa shape index (κ1) is 23.1. The summed E-state index contributed by atoms with van der Waals surface area (Å²) in [5.41, 5.74) is -1.42. The number of carbonyl (C=O) groups excluding carboxylic acids is 2. The molecule has 1 aromatic heterocycles. The van der Waals surface area contributed by atoms with Gasteiger partial charge in [-0.15, -0.1) is 11.3 Å². The third-order valence-corrected chi connectivity index (χ3v) is 7.01. The lowest BCUT2D eigenvalue weighted by molar-refractivity contribution is -0.137. The van der Waals surface area contributed by atoms with Crippen molar-refractivity contribution < 1.29 is 31.2 Å². The second kappa shape index (κ2) is 8.69. The Labute approximate surface area is 173 Å². The van der Waals surface area contributed by atoms with Crippen LogP contribution in [0.3, 0.4) is 0 Å². The van der Waals surface area contributed by atoms with Gasteiger partial charge in [0, 0.05) is 14.0 Å². The molecule has 0 saturated carbocycles. The maximum Gasteiger partial charge on any atom is 0.416 e. The molecule has 7 nitrogen and oxygen atoms in total. The smallest absolute Gasteiger partial charge is 0.325 e. The van der Waals surface area contributed by atoms with E-state index < -0.39 is 40.1 Å². The Bertz CT molecular complexity index is 1040. The number of thiophene rings is 1. The first-order valence-electron chi connectivity index (χ1n) is 7.81. The van der Waals surface area contributed by atoms with Crippen molar-refractivity contribution in [2.75, 3.05) is 24.2 Å². The molecule has 0 aliphatic carbocycles. The average molecular weight is 470 g/mol. The lowest BCUT2D eigenvalue weighted by Crippen LogP contribution is -2.34. The van der Waals surface area contributed by atoms with E-state index in [2.05, 4.69) is 10.6 Å². The summed E-state index contributed by atoms with van der Waals surface area (Å²) in [7, 11) is -2.87. The number of sulfonamides is 1. The SMILES string of the molecule is CC(=O)Nc1ccc(C(F)(F)F)cc1NC(=O)CN(C)S(=O)(=O)c1ccc(Cl)s1. The summed E-state index contributed by atoms with van der Waals surface area (Å²) in [5.74, 6) is -1.46. The molecule has 2 amide bonds. The largest absolute Gasteiger partial charge is 0.416 e. The minimum Gasteiger partial charge on any atom is -0.325 e. The highest BCUT2D eigenvalue weighted by Crippen LogP contribution is 2.34. The van der Waals surface area contributed by atoms with Crippen molar-refractivity contribution in [2.45, 2.75) is 17.3 Å². The summed E-state index contributed by atoms with van der Waals surface area (Å²) in [6.45, 7) is 0.476. The molecule has 158 valence electrons. The van der Waals surface area contributed by atoms with E-state index in [1.165, 1.54) is 12.1 Å². The Morgan fingerprint density at radius 2 is 1.79 bits per heavy atom. The number of benzene rings is 1. The number of amides is 2. The maximum atomic E-state index is 13.0. The zero-order chi connectivity index (χ0) is 22.0. The summed E-state index contributed by atoms with van der Waals surface area (Å²) >= 11 is 6.52. The van der Waals surface area contributed by atoms with Gasteiger partial charge in [-0.1, -0.05) is 11.6 Å². The third kappa shape index (κ3) is 5.92. The van der Waals surface area contributed by atoms with Crippen LogP contribution in [-0.2, 0) is 25.8 Å². The number of halogens is 4. The number of hydrogen-bond donors (Lipinski definition) is 2. The number of carbonyl (C=O) groups is 2. The highest BCUT2D eigenvalue weighted by Gasteiger charge is 2.31. The molecule has 1 aromatic carbocycles. The van der Waals surface area contributed by atoms with Crippen molar-refractivity contribution in [3.8, 4) is 0 Å². The lowest BCUT2D eigenvalue weighted by Gasteiger charge is -2.18. The van der Waals surface area contributed by atoms with Gasteiger partial charge in [0.05, 0.1) is 27.8 Å². The van der Waals surface area contributed by atoms with Crippen molar-refractivity contribution in [3.63, 3.8) is 0 Å². The fraction of sp³-hybridized carbons (Fsp3) is 0.250. The van der Waals surface area contributed by atoms with Crippen LogP contribution in [0, 0.1) is 0 Å². The van der Waals surface area contributed by atoms with Crippen LogP contribution >= 0.6 is 22.9 Å². The van der Waals surface area contributed by atoms with E-state index in [1.807, 2.05) is 0 Å². The van der Waals surface area contributed by atoms with Gasteiger partial charge in [0.25, 0.3) is 10.0 Å². The Hall–Kier alpha value is -2.15. The van der Waals surface area contributed by atoms with E-state index in [0.717, 1.165) is 41.7 Å². The van der Waals surface area contributed by atoms with E-state index in [4.69, 9.17) is 11.6 Å². The molecule has 0 saturated heterocycles. The minimum absolute atomic E-state index is 0.0607. The molecule has 29 heavy (non-hydrogen) atoms. The molecule has 0 aliphatic rings. The number of likely N-dealkylation sites (N-methyl/N-ethyl adjacent to an activating group) is 1. The normalized spacial score (nSPS) is 12.1. The summed E-state index contributed by atoms with van der Waals surface area (Å²) in [4.78, 5) is 23.5. The van der Waals surface area contributed by atoms with E-state index >= 15 is 0 Å². The van der Waals surface area contributed by atoms with Gasteiger partial charge in [-0.05, 0) is 30.3 Å². The van der Waals surface area contributed by atoms with Crippen LogP contribution in [0.15, 0.2) is 34.5 Å². The number of anilines is 2. The standard InChI is InChI=1S/C16H15ClF3N3O4S2/c1-9(24)21-11-4-3-10(16(18,19)20)7-12(11)22-14(25)8-23(2)29(26,27)15-6-5-13(17)28-15/h3-7H,8H2,1-2H3,(H,21,24)(H,22,25). The molecule has 0 spiro atoms. The van der Waals surface area contributed by atoms with E-state index in [-0.39, 0.29) is 19.9 Å². The molecule has 2 aromatic rings. The van der Waals surface area contributed by atoms with Crippen molar-refractivity contribution in [1.82, 2.24) is 4.31 Å². The van der Waals surface area contributed by atoms with Crippen LogP contribution in [-0.4, -0.2) is 38.1 Å². The van der Waals surface area contributed by atoms with Gasteiger partial charge in [0.2, 0.25) is 11.8 Å². The van der Waals surface area contributed by atoms with Crippen LogP contribution in [0.4, 0.5) is 24.5 Å². The first-order valence-corrected chi connectivity index (χ1v) is 10.4. The second-order valence-electron chi connectivity index (χ2n) is 5.81. The number of hydrogen-bond acceptors (Lipinski definition) is 5. The fourth-order valence-corrected chi connectivity index (χ4v) is 5.01. The number of rotatable bonds is 6. The molecule has 1 heterocycles. The van der Waals surface area contributed by atoms with Gasteiger partial charge in [0.15, 0.2) is 0 Å². The average Bonchev–Trinajstić information content (AvgIpc) is 3.02. The third-order valence-electron chi connectivity index (χ3n) is 3.51. The zero-order valence-electron chi connectivity index (χ0n) is 15.0. The van der Waals surface area contributed by atoms with Gasteiger partial charge < -0.3 is 10.6 Å². The van der Waals surface area contributed by atoms with Crippen LogP contribution in [0.2, 0.25) is 4.34 Å². The molecule has 13 heteroatoms. The molecule has 0 radical (unpaired) electrons. The highest BCUT2D eigenvalue weighted by atomic mass is 35.5. The van der Waals surface area contributed by atoms with Gasteiger partial charge in [-0.3, -0.25) is 9.59 Å². The summed E-state index contributed by atoms with van der Waals surface area (Å²) < 4.78 is 64.6. The predicted molar refractivity (Wildman–Crippen MR) is 104 cm³/mol. The first-order chi connectivity index (χ1) is 13.3. The Balaban J connectivity index is 2.23. The molecule has 0 aliphatic heterocycles.